The van der Waals surface area contributed by atoms with Gasteiger partial charge in [-0.05, 0) is 77.7 Å². The summed E-state index contributed by atoms with van der Waals surface area (Å²) in [6.45, 7) is 5.41. The maximum absolute atomic E-state index is 12.5. The lowest BCUT2D eigenvalue weighted by molar-refractivity contribution is 0.0980. The predicted molar refractivity (Wildman–Crippen MR) is 164 cm³/mol. The molecule has 1 amide bonds. The fraction of sp³-hybridized carbons (Fsp3) is 0.345. The average Bonchev–Trinajstić information content (AvgIpc) is 2.83. The Hall–Kier alpha value is -2.62. The summed E-state index contributed by atoms with van der Waals surface area (Å²) >= 11 is 0. The molecule has 0 aliphatic heterocycles. The standard InChI is InChI=1S/C29H37N3O4S.2ClH/c1-20(2)17-25-18-24(12-15-27(25)29(34)32-37(3,35)36)22-8-6-21(7-9-22)5-4-16-31-19-28(33)23-10-13-26(30)14-11-23;;/h6-15,18,20,28,31,33H,4-5,16-17,19,30H2,1-3H3,(H,32,34);2*1H/t28-;;/m1../s1. The first kappa shape index (κ1) is 34.4. The smallest absolute Gasteiger partial charge is 0.264 e. The van der Waals surface area contributed by atoms with E-state index in [4.69, 9.17) is 5.73 Å². The van der Waals surface area contributed by atoms with E-state index in [1.165, 1.54) is 5.56 Å². The van der Waals surface area contributed by atoms with Crippen LogP contribution in [-0.4, -0.2) is 38.8 Å². The van der Waals surface area contributed by atoms with E-state index in [1.807, 2.05) is 24.3 Å². The Kier molecular flexibility index (Phi) is 14.0. The third kappa shape index (κ3) is 11.2. The molecule has 214 valence electrons. The minimum absolute atomic E-state index is 0. The van der Waals surface area contributed by atoms with E-state index in [-0.39, 0.29) is 24.8 Å². The van der Waals surface area contributed by atoms with Crippen molar-refractivity contribution >= 4 is 46.4 Å². The molecule has 10 heteroatoms. The Bertz CT molecular complexity index is 1300. The van der Waals surface area contributed by atoms with Crippen LogP contribution >= 0.6 is 24.8 Å². The monoisotopic (exact) mass is 595 g/mol. The summed E-state index contributed by atoms with van der Waals surface area (Å²) in [5, 5.41) is 13.6. The number of aryl methyl sites for hydroxylation is 1. The average molecular weight is 597 g/mol. The van der Waals surface area contributed by atoms with Gasteiger partial charge in [-0.15, -0.1) is 24.8 Å². The van der Waals surface area contributed by atoms with Gasteiger partial charge in [0.1, 0.15) is 0 Å². The number of sulfonamides is 1. The number of aliphatic hydroxyl groups excluding tert-OH is 1. The molecular weight excluding hydrogens is 557 g/mol. The Balaban J connectivity index is 0.00000380. The quantitative estimate of drug-likeness (QED) is 0.174. The van der Waals surface area contributed by atoms with Crippen molar-refractivity contribution in [3.63, 3.8) is 0 Å². The highest BCUT2D eigenvalue weighted by Crippen LogP contribution is 2.25. The van der Waals surface area contributed by atoms with Gasteiger partial charge in [0.2, 0.25) is 10.0 Å². The minimum Gasteiger partial charge on any atom is -0.399 e. The van der Waals surface area contributed by atoms with Gasteiger partial charge in [-0.3, -0.25) is 4.79 Å². The highest BCUT2D eigenvalue weighted by Gasteiger charge is 2.17. The summed E-state index contributed by atoms with van der Waals surface area (Å²) in [6.07, 6.45) is 2.93. The van der Waals surface area contributed by atoms with Gasteiger partial charge in [-0.1, -0.05) is 62.4 Å². The summed E-state index contributed by atoms with van der Waals surface area (Å²) in [6, 6.07) is 21.1. The van der Waals surface area contributed by atoms with Gasteiger partial charge in [0, 0.05) is 17.8 Å². The van der Waals surface area contributed by atoms with Crippen molar-refractivity contribution in [1.29, 1.82) is 0 Å². The molecule has 0 radical (unpaired) electrons. The second-order valence-corrected chi connectivity index (χ2v) is 11.6. The Morgan fingerprint density at radius 1 is 0.949 bits per heavy atom. The molecule has 5 N–H and O–H groups in total. The number of carbonyl (C=O) groups excluding carboxylic acids is 1. The molecule has 3 rings (SSSR count). The Morgan fingerprint density at radius 2 is 1.56 bits per heavy atom. The molecule has 0 bridgehead atoms. The number of amides is 1. The summed E-state index contributed by atoms with van der Waals surface area (Å²) in [5.41, 5.74) is 11.7. The normalized spacial score (nSPS) is 11.8. The van der Waals surface area contributed by atoms with Gasteiger partial charge in [0.15, 0.2) is 0 Å². The Morgan fingerprint density at radius 3 is 2.15 bits per heavy atom. The molecule has 0 aliphatic rings. The third-order valence-electron chi connectivity index (χ3n) is 6.02. The van der Waals surface area contributed by atoms with Crippen LogP contribution < -0.4 is 15.8 Å². The lowest BCUT2D eigenvalue weighted by Gasteiger charge is -2.14. The van der Waals surface area contributed by atoms with E-state index < -0.39 is 22.0 Å². The SMILES string of the molecule is CC(C)Cc1cc(-c2ccc(CCCNC[C@@H](O)c3ccc(N)cc3)cc2)ccc1C(=O)NS(C)(=O)=O.Cl.Cl. The van der Waals surface area contributed by atoms with Crippen LogP contribution in [0.15, 0.2) is 66.7 Å². The molecule has 0 saturated heterocycles. The lowest BCUT2D eigenvalue weighted by atomic mass is 9.93. The van der Waals surface area contributed by atoms with Crippen molar-refractivity contribution in [1.82, 2.24) is 10.0 Å². The van der Waals surface area contributed by atoms with E-state index in [0.717, 1.165) is 47.9 Å². The fourth-order valence-electron chi connectivity index (χ4n) is 4.18. The van der Waals surface area contributed by atoms with Gasteiger partial charge < -0.3 is 16.2 Å². The summed E-state index contributed by atoms with van der Waals surface area (Å²) < 4.78 is 25.1. The first-order valence-corrected chi connectivity index (χ1v) is 14.4. The zero-order valence-electron chi connectivity index (χ0n) is 22.5. The van der Waals surface area contributed by atoms with Crippen molar-refractivity contribution in [2.24, 2.45) is 5.92 Å². The summed E-state index contributed by atoms with van der Waals surface area (Å²) in [5.74, 6) is -0.293. The third-order valence-corrected chi connectivity index (χ3v) is 6.58. The number of nitrogens with one attached hydrogen (secondary N) is 2. The topological polar surface area (TPSA) is 122 Å². The minimum atomic E-state index is -3.63. The zero-order chi connectivity index (χ0) is 27.0. The number of aliphatic hydroxyl groups is 1. The van der Waals surface area contributed by atoms with Crippen molar-refractivity contribution in [3.8, 4) is 11.1 Å². The van der Waals surface area contributed by atoms with Crippen LogP contribution in [0.1, 0.15) is 53.4 Å². The van der Waals surface area contributed by atoms with E-state index in [0.29, 0.717) is 30.1 Å². The molecule has 0 spiro atoms. The summed E-state index contributed by atoms with van der Waals surface area (Å²) in [7, 11) is -3.63. The molecular formula is C29H39Cl2N3O4S. The molecule has 0 aliphatic carbocycles. The number of hydrogen-bond acceptors (Lipinski definition) is 6. The van der Waals surface area contributed by atoms with Crippen molar-refractivity contribution < 1.29 is 18.3 Å². The van der Waals surface area contributed by atoms with Crippen LogP contribution in [-0.2, 0) is 22.9 Å². The molecule has 39 heavy (non-hydrogen) atoms. The molecule has 7 nitrogen and oxygen atoms in total. The molecule has 0 aromatic heterocycles. The number of benzene rings is 3. The van der Waals surface area contributed by atoms with Gasteiger partial charge in [-0.25, -0.2) is 13.1 Å². The molecule has 0 saturated carbocycles. The lowest BCUT2D eigenvalue weighted by Crippen LogP contribution is -2.30. The van der Waals surface area contributed by atoms with Gasteiger partial charge in [-0.2, -0.15) is 0 Å². The number of carbonyl (C=O) groups is 1. The Labute approximate surface area is 244 Å². The van der Waals surface area contributed by atoms with Crippen LogP contribution in [0.3, 0.4) is 0 Å². The number of hydrogen-bond donors (Lipinski definition) is 4. The van der Waals surface area contributed by atoms with Crippen molar-refractivity contribution in [2.75, 3.05) is 25.1 Å². The largest absolute Gasteiger partial charge is 0.399 e. The second kappa shape index (κ2) is 15.8. The van der Waals surface area contributed by atoms with Crippen LogP contribution in [0.2, 0.25) is 0 Å². The number of rotatable bonds is 12. The molecule has 3 aromatic rings. The van der Waals surface area contributed by atoms with Crippen molar-refractivity contribution in [2.45, 2.75) is 39.2 Å². The molecule has 0 unspecified atom stereocenters. The molecule has 0 fully saturated rings. The highest BCUT2D eigenvalue weighted by molar-refractivity contribution is 7.89. The van der Waals surface area contributed by atoms with Gasteiger partial charge >= 0.3 is 0 Å². The number of halogens is 2. The van der Waals surface area contributed by atoms with Crippen LogP contribution in [0, 0.1) is 5.92 Å². The maximum Gasteiger partial charge on any atom is 0.264 e. The maximum atomic E-state index is 12.5. The summed E-state index contributed by atoms with van der Waals surface area (Å²) in [4.78, 5) is 12.5. The number of anilines is 1. The van der Waals surface area contributed by atoms with Gasteiger partial charge in [0.25, 0.3) is 5.91 Å². The van der Waals surface area contributed by atoms with Crippen LogP contribution in [0.5, 0.6) is 0 Å². The molecule has 0 heterocycles. The van der Waals surface area contributed by atoms with Crippen LogP contribution in [0.4, 0.5) is 5.69 Å². The highest BCUT2D eigenvalue weighted by atomic mass is 35.5. The van der Waals surface area contributed by atoms with E-state index in [1.54, 1.807) is 18.2 Å². The van der Waals surface area contributed by atoms with Crippen LogP contribution in [0.25, 0.3) is 11.1 Å². The van der Waals surface area contributed by atoms with Crippen molar-refractivity contribution in [3.05, 3.63) is 89.0 Å². The first-order valence-electron chi connectivity index (χ1n) is 12.5. The predicted octanol–water partition coefficient (Wildman–Crippen LogP) is 4.92. The van der Waals surface area contributed by atoms with E-state index in [2.05, 4.69) is 48.2 Å². The molecule has 1 atom stereocenters. The first-order chi connectivity index (χ1) is 17.5. The van der Waals surface area contributed by atoms with Gasteiger partial charge in [0.05, 0.1) is 12.4 Å². The fourth-order valence-corrected chi connectivity index (χ4v) is 4.63. The number of nitrogens with two attached hydrogens (primary N) is 1. The molecule has 3 aromatic carbocycles. The van der Waals surface area contributed by atoms with E-state index >= 15 is 0 Å². The number of nitrogen functional groups attached to an aromatic ring is 1. The zero-order valence-corrected chi connectivity index (χ0v) is 25.0. The second-order valence-electron chi connectivity index (χ2n) is 9.86. The van der Waals surface area contributed by atoms with E-state index in [9.17, 15) is 18.3 Å².